The topological polar surface area (TPSA) is 424 Å². The minimum absolute atomic E-state index is 0.0154. The lowest BCUT2D eigenvalue weighted by atomic mass is 9.91. The molecule has 0 aliphatic carbocycles. The van der Waals surface area contributed by atoms with Crippen molar-refractivity contribution in [2.24, 2.45) is 56.6 Å². The molecule has 29 heteroatoms. The molecule has 0 radical (unpaired) electrons. The van der Waals surface area contributed by atoms with Crippen molar-refractivity contribution in [3.8, 4) is 0 Å². The first-order chi connectivity index (χ1) is 38.4. The van der Waals surface area contributed by atoms with Crippen molar-refractivity contribution < 1.29 is 81.1 Å². The highest BCUT2D eigenvalue weighted by Gasteiger charge is 2.28. The summed E-state index contributed by atoms with van der Waals surface area (Å²) in [6, 6.07) is -2.75. The number of alkyl carbamates (subject to hydrolysis) is 1. The highest BCUT2D eigenvalue weighted by atomic mass is 32.2. The summed E-state index contributed by atoms with van der Waals surface area (Å²) in [6.07, 6.45) is 0.264. The van der Waals surface area contributed by atoms with Crippen LogP contribution in [0.3, 0.4) is 0 Å². The molecule has 0 aromatic rings. The highest BCUT2D eigenvalue weighted by Crippen LogP contribution is 2.20. The second kappa shape index (κ2) is 46.2. The minimum atomic E-state index is -1.07. The van der Waals surface area contributed by atoms with E-state index in [0.717, 1.165) is 18.1 Å². The van der Waals surface area contributed by atoms with Crippen molar-refractivity contribution in [3.63, 3.8) is 0 Å². The molecule has 0 aliphatic rings. The Morgan fingerprint density at radius 2 is 1.06 bits per heavy atom. The molecule has 5 unspecified atom stereocenters. The molecule has 0 aliphatic heterocycles. The average Bonchev–Trinajstić information content (AvgIpc) is 3.38. The number of hydrogen-bond acceptors (Lipinski definition) is 21. The number of esters is 5. The fourth-order valence-electron chi connectivity index (χ4n) is 7.43. The van der Waals surface area contributed by atoms with E-state index >= 15 is 0 Å². The Morgan fingerprint density at radius 3 is 1.59 bits per heavy atom. The van der Waals surface area contributed by atoms with Crippen molar-refractivity contribution in [3.05, 3.63) is 0 Å². The average molecular weight is 1180 g/mol. The Morgan fingerprint density at radius 1 is 0.543 bits per heavy atom. The van der Waals surface area contributed by atoms with Gasteiger partial charge in [-0.05, 0) is 70.3 Å². The van der Waals surface area contributed by atoms with Gasteiger partial charge in [0, 0.05) is 83.8 Å². The van der Waals surface area contributed by atoms with Gasteiger partial charge in [-0.15, -0.1) is 0 Å². The number of rotatable bonds is 47. The number of urea groups is 1. The van der Waals surface area contributed by atoms with Crippen LogP contribution in [0.15, 0.2) is 9.98 Å². The Balaban J connectivity index is 5.07. The second-order valence-corrected chi connectivity index (χ2v) is 20.9. The summed E-state index contributed by atoms with van der Waals surface area (Å²) >= 11 is 1.70. The van der Waals surface area contributed by atoms with Crippen LogP contribution in [0, 0.1) is 23.7 Å². The van der Waals surface area contributed by atoms with Crippen LogP contribution in [0.4, 0.5) is 9.59 Å². The number of thioether (sulfide) groups is 1. The molecule has 464 valence electrons. The monoisotopic (exact) mass is 1180 g/mol. The third kappa shape index (κ3) is 43.0. The van der Waals surface area contributed by atoms with E-state index < -0.39 is 77.9 Å². The van der Waals surface area contributed by atoms with Gasteiger partial charge < -0.3 is 82.7 Å². The maximum atomic E-state index is 13.1. The summed E-state index contributed by atoms with van der Waals surface area (Å²) in [4.78, 5) is 134. The van der Waals surface area contributed by atoms with Crippen LogP contribution in [0.25, 0.3) is 0 Å². The third-order valence-electron chi connectivity index (χ3n) is 11.2. The number of carbonyl (C=O) groups is 10. The van der Waals surface area contributed by atoms with Crippen molar-refractivity contribution in [2.75, 3.05) is 97.5 Å². The van der Waals surface area contributed by atoms with Crippen molar-refractivity contribution in [1.29, 1.82) is 0 Å². The van der Waals surface area contributed by atoms with Crippen LogP contribution in [0.2, 0.25) is 0 Å². The van der Waals surface area contributed by atoms with E-state index in [2.05, 4.69) is 36.6 Å². The van der Waals surface area contributed by atoms with Gasteiger partial charge in [0.25, 0.3) is 0 Å². The molecular weight excluding hydrogens is 1080 g/mol. The number of nitrogens with one attached hydrogen (secondary N) is 5. The number of Topliss-reactive ketones (excluding diaryl/α,β-unsaturated/α-hetero) is 2. The Bertz CT molecular complexity index is 1970. The third-order valence-corrected chi connectivity index (χ3v) is 12.1. The van der Waals surface area contributed by atoms with Crippen LogP contribution in [0.1, 0.15) is 119 Å². The highest BCUT2D eigenvalue weighted by molar-refractivity contribution is 7.99. The Kier molecular flexibility index (Phi) is 42.5. The van der Waals surface area contributed by atoms with Crippen LogP contribution >= 0.6 is 11.8 Å². The van der Waals surface area contributed by atoms with E-state index in [1.807, 2.05) is 34.7 Å². The van der Waals surface area contributed by atoms with Gasteiger partial charge in [-0.25, -0.2) is 19.2 Å². The van der Waals surface area contributed by atoms with Gasteiger partial charge in [-0.1, -0.05) is 27.7 Å². The number of nitrogens with two attached hydrogens (primary N) is 4. The molecule has 0 saturated heterocycles. The molecule has 28 nitrogen and oxygen atoms in total. The van der Waals surface area contributed by atoms with E-state index in [4.69, 9.17) is 56.1 Å². The van der Waals surface area contributed by atoms with Gasteiger partial charge in [-0.2, -0.15) is 11.8 Å². The number of hydrogen-bond donors (Lipinski definition) is 9. The Hall–Kier alpha value is -6.49. The first-order valence-corrected chi connectivity index (χ1v) is 28.6. The van der Waals surface area contributed by atoms with E-state index in [-0.39, 0.29) is 159 Å². The van der Waals surface area contributed by atoms with Crippen molar-refractivity contribution in [2.45, 2.75) is 137 Å². The summed E-state index contributed by atoms with van der Waals surface area (Å²) in [5.74, 6) is -4.63. The van der Waals surface area contributed by atoms with E-state index in [9.17, 15) is 47.9 Å². The lowest BCUT2D eigenvalue weighted by Gasteiger charge is -2.20. The standard InChI is InChI=1S/C52H93N11O17S/c1-34(2)28-39(31-41(67)14-10-19-61-52(73)80-42(33-79-37(6)65)32-74-25-27-81-26-20-57-7)46(69)76-22-24-78-48(71)44(29-35(3)4)63-51(72)60-18-9-13-40(66)30-38(12-8-16-58-49(53)54)45(68)75-21-23-77-47(70)43(62-36(5)64)15-11-17-59-50(55)56/h34-35,38-39,42-44,57H,8-33H2,1-7H3,(H,61,73)(H,62,64)(H4,53,54,58)(H4,55,56,59)(H2,60,63,72). The van der Waals surface area contributed by atoms with Gasteiger partial charge in [-0.3, -0.25) is 38.8 Å². The number of ether oxygens (including phenoxy) is 7. The van der Waals surface area contributed by atoms with Crippen LogP contribution in [0.5, 0.6) is 0 Å². The van der Waals surface area contributed by atoms with Gasteiger partial charge in [0.1, 0.15) is 56.7 Å². The molecule has 4 amide bonds. The molecule has 0 aromatic carbocycles. The van der Waals surface area contributed by atoms with Crippen molar-refractivity contribution in [1.82, 2.24) is 26.6 Å². The molecule has 0 bridgehead atoms. The molecule has 0 saturated carbocycles. The number of amides is 4. The van der Waals surface area contributed by atoms with E-state index in [1.54, 1.807) is 11.8 Å². The van der Waals surface area contributed by atoms with Gasteiger partial charge >= 0.3 is 42.0 Å². The second-order valence-electron chi connectivity index (χ2n) is 19.7. The van der Waals surface area contributed by atoms with Gasteiger partial charge in [0.05, 0.1) is 25.0 Å². The van der Waals surface area contributed by atoms with Crippen LogP contribution in [-0.2, 0) is 71.5 Å². The minimum Gasteiger partial charge on any atom is -0.462 e. The fourth-order valence-corrected chi connectivity index (χ4v) is 8.21. The summed E-state index contributed by atoms with van der Waals surface area (Å²) in [7, 11) is 1.87. The van der Waals surface area contributed by atoms with Gasteiger partial charge in [0.15, 0.2) is 18.0 Å². The van der Waals surface area contributed by atoms with E-state index in [1.165, 1.54) is 13.8 Å². The predicted molar refractivity (Wildman–Crippen MR) is 302 cm³/mol. The lowest BCUT2D eigenvalue weighted by molar-refractivity contribution is -0.157. The predicted octanol–water partition coefficient (Wildman–Crippen LogP) is 0.869. The van der Waals surface area contributed by atoms with Crippen LogP contribution < -0.4 is 49.5 Å². The quantitative estimate of drug-likeness (QED) is 0.0134. The molecule has 0 aromatic heterocycles. The van der Waals surface area contributed by atoms with Crippen molar-refractivity contribution >= 4 is 83.1 Å². The zero-order valence-electron chi connectivity index (χ0n) is 48.5. The first-order valence-electron chi connectivity index (χ1n) is 27.4. The molecule has 13 N–H and O–H groups in total. The fraction of sp³-hybridized carbons (Fsp3) is 0.769. The molecule has 81 heavy (non-hydrogen) atoms. The zero-order valence-corrected chi connectivity index (χ0v) is 49.3. The van der Waals surface area contributed by atoms with Crippen LogP contribution in [-0.4, -0.2) is 187 Å². The zero-order chi connectivity index (χ0) is 61.0. The number of nitrogens with zero attached hydrogens (tertiary/aromatic N) is 2. The number of aliphatic imine (C=N–C) groups is 2. The molecule has 0 fully saturated rings. The summed E-state index contributed by atoms with van der Waals surface area (Å²) in [5, 5.41) is 13.3. The van der Waals surface area contributed by atoms with E-state index in [0.29, 0.717) is 25.9 Å². The normalized spacial score (nSPS) is 12.8. The molecule has 5 atom stereocenters. The number of guanidine groups is 2. The molecule has 0 heterocycles. The number of carbonyl (C=O) groups excluding carboxylic acids is 10. The maximum Gasteiger partial charge on any atom is 0.407 e. The smallest absolute Gasteiger partial charge is 0.407 e. The molecule has 0 rings (SSSR count). The summed E-state index contributed by atoms with van der Waals surface area (Å²) < 4.78 is 37.3. The van der Waals surface area contributed by atoms with Gasteiger partial charge in [0.2, 0.25) is 5.91 Å². The molecular formula is C52H93N11O17S. The lowest BCUT2D eigenvalue weighted by Crippen LogP contribution is -2.47. The largest absolute Gasteiger partial charge is 0.462 e. The Labute approximate surface area is 480 Å². The SMILES string of the molecule is CNCCSCCOCC(COC(C)=O)OC(=O)NCCCC(=O)CC(CC(C)C)C(=O)OCCOC(=O)C(CC(C)C)NC(=O)NCCCC(=O)CC(CCCN=C(N)N)C(=O)OCCOC(=O)C(CCCN=C(N)N)NC(C)=O. The maximum absolute atomic E-state index is 13.1. The number of ketones is 2. The summed E-state index contributed by atoms with van der Waals surface area (Å²) in [5.41, 5.74) is 21.5. The summed E-state index contributed by atoms with van der Waals surface area (Å²) in [6.45, 7) is 10.4. The molecule has 0 spiro atoms. The first kappa shape index (κ1) is 74.5.